The Hall–Kier alpha value is -1.82. The first-order chi connectivity index (χ1) is 9.26. The molecule has 0 saturated carbocycles. The standard InChI is InChI=1S/C13H19N3O3/c1-18-11-5-7-14-10(12(11)19-2)8-16-9-4-3-6-15-13(9)17/h5,7,9,16H,3-4,6,8H2,1-2H3,(H,15,17). The number of carbonyl (C=O) groups is 1. The molecule has 2 heterocycles. The highest BCUT2D eigenvalue weighted by Crippen LogP contribution is 2.28. The van der Waals surface area contributed by atoms with E-state index in [9.17, 15) is 4.79 Å². The van der Waals surface area contributed by atoms with Crippen LogP contribution in [-0.2, 0) is 11.3 Å². The Bertz CT molecular complexity index is 451. The Kier molecular flexibility index (Phi) is 4.57. The van der Waals surface area contributed by atoms with Crippen molar-refractivity contribution < 1.29 is 14.3 Å². The van der Waals surface area contributed by atoms with Gasteiger partial charge in [0.05, 0.1) is 26.0 Å². The fourth-order valence-corrected chi connectivity index (χ4v) is 2.16. The van der Waals surface area contributed by atoms with Crippen molar-refractivity contribution in [3.63, 3.8) is 0 Å². The number of rotatable bonds is 5. The molecule has 0 spiro atoms. The highest BCUT2D eigenvalue weighted by atomic mass is 16.5. The van der Waals surface area contributed by atoms with Gasteiger partial charge in [0.15, 0.2) is 11.5 Å². The SMILES string of the molecule is COc1ccnc(CNC2CCCNC2=O)c1OC. The fraction of sp³-hybridized carbons (Fsp3) is 0.538. The number of hydrogen-bond donors (Lipinski definition) is 2. The number of hydrogen-bond acceptors (Lipinski definition) is 5. The van der Waals surface area contributed by atoms with E-state index in [1.54, 1.807) is 26.5 Å². The largest absolute Gasteiger partial charge is 0.493 e. The molecule has 104 valence electrons. The molecule has 1 aliphatic heterocycles. The Morgan fingerprint density at radius 2 is 2.32 bits per heavy atom. The van der Waals surface area contributed by atoms with Crippen molar-refractivity contribution in [2.75, 3.05) is 20.8 Å². The van der Waals surface area contributed by atoms with Crippen molar-refractivity contribution in [2.24, 2.45) is 0 Å². The third-order valence-electron chi connectivity index (χ3n) is 3.17. The lowest BCUT2D eigenvalue weighted by Crippen LogP contribution is -2.48. The zero-order chi connectivity index (χ0) is 13.7. The average Bonchev–Trinajstić information content (AvgIpc) is 2.45. The Morgan fingerprint density at radius 1 is 1.47 bits per heavy atom. The molecule has 1 aromatic heterocycles. The molecule has 2 N–H and O–H groups in total. The molecule has 1 unspecified atom stereocenters. The molecule has 6 heteroatoms. The number of carbonyl (C=O) groups excluding carboxylic acids is 1. The molecule has 0 aliphatic carbocycles. The smallest absolute Gasteiger partial charge is 0.237 e. The number of nitrogens with zero attached hydrogens (tertiary/aromatic N) is 1. The minimum Gasteiger partial charge on any atom is -0.493 e. The minimum atomic E-state index is -0.161. The Morgan fingerprint density at radius 3 is 3.00 bits per heavy atom. The van der Waals surface area contributed by atoms with Gasteiger partial charge in [-0.05, 0) is 12.8 Å². The number of aromatic nitrogens is 1. The van der Waals surface area contributed by atoms with Gasteiger partial charge in [0.1, 0.15) is 0 Å². The van der Waals surface area contributed by atoms with E-state index >= 15 is 0 Å². The average molecular weight is 265 g/mol. The monoisotopic (exact) mass is 265 g/mol. The Labute approximate surface area is 112 Å². The van der Waals surface area contributed by atoms with Crippen LogP contribution in [0, 0.1) is 0 Å². The van der Waals surface area contributed by atoms with Gasteiger partial charge in [-0.25, -0.2) is 0 Å². The lowest BCUT2D eigenvalue weighted by atomic mass is 10.1. The van der Waals surface area contributed by atoms with Gasteiger partial charge in [-0.2, -0.15) is 0 Å². The van der Waals surface area contributed by atoms with Crippen LogP contribution in [0.25, 0.3) is 0 Å². The second kappa shape index (κ2) is 6.38. The second-order valence-corrected chi connectivity index (χ2v) is 4.36. The van der Waals surface area contributed by atoms with Crippen molar-refractivity contribution in [2.45, 2.75) is 25.4 Å². The van der Waals surface area contributed by atoms with Crippen LogP contribution >= 0.6 is 0 Å². The maximum atomic E-state index is 11.6. The van der Waals surface area contributed by atoms with Gasteiger partial charge < -0.3 is 20.1 Å². The van der Waals surface area contributed by atoms with E-state index in [4.69, 9.17) is 9.47 Å². The van der Waals surface area contributed by atoms with E-state index in [1.807, 2.05) is 0 Å². The molecule has 1 aliphatic rings. The first kappa shape index (κ1) is 13.6. The number of nitrogens with one attached hydrogen (secondary N) is 2. The van der Waals surface area contributed by atoms with Crippen LogP contribution in [0.4, 0.5) is 0 Å². The van der Waals surface area contributed by atoms with E-state index in [-0.39, 0.29) is 11.9 Å². The molecule has 6 nitrogen and oxygen atoms in total. The number of ether oxygens (including phenoxy) is 2. The molecule has 1 fully saturated rings. The number of pyridine rings is 1. The van der Waals surface area contributed by atoms with Crippen LogP contribution in [0.1, 0.15) is 18.5 Å². The molecule has 0 bridgehead atoms. The lowest BCUT2D eigenvalue weighted by molar-refractivity contribution is -0.124. The van der Waals surface area contributed by atoms with Crippen molar-refractivity contribution in [3.8, 4) is 11.5 Å². The summed E-state index contributed by atoms with van der Waals surface area (Å²) in [6, 6.07) is 1.58. The Balaban J connectivity index is 2.04. The molecule has 2 rings (SSSR count). The highest BCUT2D eigenvalue weighted by molar-refractivity contribution is 5.82. The van der Waals surface area contributed by atoms with Crippen LogP contribution in [0.5, 0.6) is 11.5 Å². The first-order valence-electron chi connectivity index (χ1n) is 6.33. The van der Waals surface area contributed by atoms with Crippen LogP contribution in [-0.4, -0.2) is 37.7 Å². The molecular weight excluding hydrogens is 246 g/mol. The molecule has 1 saturated heterocycles. The van der Waals surface area contributed by atoms with Crippen molar-refractivity contribution in [1.82, 2.24) is 15.6 Å². The van der Waals surface area contributed by atoms with Gasteiger partial charge in [-0.1, -0.05) is 0 Å². The van der Waals surface area contributed by atoms with E-state index in [2.05, 4.69) is 15.6 Å². The van der Waals surface area contributed by atoms with Crippen molar-refractivity contribution in [3.05, 3.63) is 18.0 Å². The van der Waals surface area contributed by atoms with Gasteiger partial charge in [0.25, 0.3) is 0 Å². The zero-order valence-corrected chi connectivity index (χ0v) is 11.2. The molecule has 1 aromatic rings. The van der Waals surface area contributed by atoms with Gasteiger partial charge in [0.2, 0.25) is 5.91 Å². The molecule has 19 heavy (non-hydrogen) atoms. The van der Waals surface area contributed by atoms with E-state index in [1.165, 1.54) is 0 Å². The molecule has 1 atom stereocenters. The molecule has 0 aromatic carbocycles. The third kappa shape index (κ3) is 3.14. The lowest BCUT2D eigenvalue weighted by Gasteiger charge is -2.23. The van der Waals surface area contributed by atoms with Crippen LogP contribution < -0.4 is 20.1 Å². The van der Waals surface area contributed by atoms with E-state index < -0.39 is 0 Å². The number of amides is 1. The van der Waals surface area contributed by atoms with Crippen LogP contribution in [0.15, 0.2) is 12.3 Å². The zero-order valence-electron chi connectivity index (χ0n) is 11.2. The second-order valence-electron chi connectivity index (χ2n) is 4.36. The van der Waals surface area contributed by atoms with E-state index in [0.29, 0.717) is 18.0 Å². The third-order valence-corrected chi connectivity index (χ3v) is 3.17. The van der Waals surface area contributed by atoms with Crippen molar-refractivity contribution in [1.29, 1.82) is 0 Å². The summed E-state index contributed by atoms with van der Waals surface area (Å²) in [5.74, 6) is 1.30. The normalized spacial score (nSPS) is 18.8. The molecule has 1 amide bonds. The van der Waals surface area contributed by atoms with Gasteiger partial charge >= 0.3 is 0 Å². The number of methoxy groups -OCH3 is 2. The summed E-state index contributed by atoms with van der Waals surface area (Å²) < 4.78 is 10.5. The minimum absolute atomic E-state index is 0.0492. The summed E-state index contributed by atoms with van der Waals surface area (Å²) in [6.45, 7) is 1.23. The van der Waals surface area contributed by atoms with Crippen molar-refractivity contribution >= 4 is 5.91 Å². The topological polar surface area (TPSA) is 72.5 Å². The summed E-state index contributed by atoms with van der Waals surface area (Å²) >= 11 is 0. The highest BCUT2D eigenvalue weighted by Gasteiger charge is 2.22. The first-order valence-corrected chi connectivity index (χ1v) is 6.33. The van der Waals surface area contributed by atoms with Crippen LogP contribution in [0.3, 0.4) is 0 Å². The molecular formula is C13H19N3O3. The number of piperidine rings is 1. The van der Waals surface area contributed by atoms with Gasteiger partial charge in [-0.15, -0.1) is 0 Å². The van der Waals surface area contributed by atoms with E-state index in [0.717, 1.165) is 25.1 Å². The summed E-state index contributed by atoms with van der Waals surface area (Å²) in [4.78, 5) is 15.9. The predicted octanol–water partition coefficient (Wildman–Crippen LogP) is 0.467. The summed E-state index contributed by atoms with van der Waals surface area (Å²) in [7, 11) is 3.17. The fourth-order valence-electron chi connectivity index (χ4n) is 2.16. The van der Waals surface area contributed by atoms with Crippen LogP contribution in [0.2, 0.25) is 0 Å². The molecule has 0 radical (unpaired) electrons. The summed E-state index contributed by atoms with van der Waals surface area (Å²) in [5.41, 5.74) is 0.736. The van der Waals surface area contributed by atoms with Gasteiger partial charge in [0, 0.05) is 25.4 Å². The predicted molar refractivity (Wildman–Crippen MR) is 70.2 cm³/mol. The maximum Gasteiger partial charge on any atom is 0.237 e. The quantitative estimate of drug-likeness (QED) is 0.809. The summed E-state index contributed by atoms with van der Waals surface area (Å²) in [5, 5.41) is 6.05. The summed E-state index contributed by atoms with van der Waals surface area (Å²) in [6.07, 6.45) is 3.50. The maximum absolute atomic E-state index is 11.6. The van der Waals surface area contributed by atoms with Gasteiger partial charge in [-0.3, -0.25) is 9.78 Å².